The van der Waals surface area contributed by atoms with Crippen molar-refractivity contribution in [1.29, 1.82) is 0 Å². The zero-order valence-corrected chi connectivity index (χ0v) is 6.88. The Morgan fingerprint density at radius 2 is 1.56 bits per heavy atom. The van der Waals surface area contributed by atoms with Crippen molar-refractivity contribution >= 4 is 30.7 Å². The van der Waals surface area contributed by atoms with Gasteiger partial charge in [-0.1, -0.05) is 18.2 Å². The standard InChI is InChI=1S/C6H5Cl2S/c7-9(8)6-4-2-1-3-5-6/h1-5H/q+1. The third-order valence-corrected chi connectivity index (χ3v) is 2.62. The minimum atomic E-state index is -0.635. The zero-order valence-electron chi connectivity index (χ0n) is 4.55. The van der Waals surface area contributed by atoms with E-state index in [1.807, 2.05) is 30.3 Å². The molecule has 0 saturated heterocycles. The fourth-order valence-electron chi connectivity index (χ4n) is 0.523. The molecular formula is C6H5Cl2S+. The Labute approximate surface area is 66.1 Å². The van der Waals surface area contributed by atoms with E-state index >= 15 is 0 Å². The summed E-state index contributed by atoms with van der Waals surface area (Å²) in [6, 6.07) is 9.58. The Kier molecular flexibility index (Phi) is 2.70. The lowest BCUT2D eigenvalue weighted by atomic mass is 10.4. The second-order valence-corrected chi connectivity index (χ2v) is 4.75. The summed E-state index contributed by atoms with van der Waals surface area (Å²) >= 11 is 0. The molecule has 3 heteroatoms. The first kappa shape index (κ1) is 7.26. The van der Waals surface area contributed by atoms with Crippen LogP contribution in [0.4, 0.5) is 0 Å². The average molecular weight is 180 g/mol. The molecule has 0 amide bonds. The fourth-order valence-corrected chi connectivity index (χ4v) is 1.50. The van der Waals surface area contributed by atoms with Gasteiger partial charge in [-0.3, -0.25) is 0 Å². The first-order valence-corrected chi connectivity index (χ1v) is 5.30. The molecule has 0 heterocycles. The van der Waals surface area contributed by atoms with Crippen LogP contribution < -0.4 is 0 Å². The smallest absolute Gasteiger partial charge is 0.0619 e. The number of rotatable bonds is 1. The lowest BCUT2D eigenvalue weighted by Crippen LogP contribution is -1.78. The Morgan fingerprint density at radius 1 is 1.00 bits per heavy atom. The maximum atomic E-state index is 5.60. The van der Waals surface area contributed by atoms with E-state index in [2.05, 4.69) is 0 Å². The van der Waals surface area contributed by atoms with Crippen LogP contribution in [0.5, 0.6) is 0 Å². The molecule has 48 valence electrons. The molecule has 0 aliphatic rings. The van der Waals surface area contributed by atoms with Gasteiger partial charge in [0, 0.05) is 0 Å². The van der Waals surface area contributed by atoms with Gasteiger partial charge in [0.2, 0.25) is 21.4 Å². The van der Waals surface area contributed by atoms with Gasteiger partial charge in [0.1, 0.15) is 0 Å². The first-order valence-electron chi connectivity index (χ1n) is 2.42. The van der Waals surface area contributed by atoms with Crippen molar-refractivity contribution in [1.82, 2.24) is 0 Å². The van der Waals surface area contributed by atoms with Crippen LogP contribution in [0.25, 0.3) is 0 Å². The van der Waals surface area contributed by atoms with Gasteiger partial charge in [0.25, 0.3) is 9.32 Å². The molecule has 0 aliphatic carbocycles. The molecule has 0 unspecified atom stereocenters. The Bertz CT molecular complexity index is 174. The van der Waals surface area contributed by atoms with Gasteiger partial charge in [-0.15, -0.1) is 0 Å². The van der Waals surface area contributed by atoms with Crippen LogP contribution in [0.15, 0.2) is 35.2 Å². The van der Waals surface area contributed by atoms with E-state index in [1.165, 1.54) is 0 Å². The normalized spacial score (nSPS) is 10.1. The molecule has 0 N–H and O–H groups in total. The van der Waals surface area contributed by atoms with Crippen LogP contribution in [0.1, 0.15) is 0 Å². The number of benzene rings is 1. The highest BCUT2D eigenvalue weighted by molar-refractivity contribution is 8.35. The quantitative estimate of drug-likeness (QED) is 0.583. The number of hydrogen-bond acceptors (Lipinski definition) is 0. The lowest BCUT2D eigenvalue weighted by Gasteiger charge is -1.83. The predicted molar refractivity (Wildman–Crippen MR) is 43.8 cm³/mol. The number of halogens is 2. The van der Waals surface area contributed by atoms with Crippen LogP contribution in [-0.2, 0) is 9.32 Å². The van der Waals surface area contributed by atoms with E-state index < -0.39 is 9.32 Å². The molecule has 1 rings (SSSR count). The summed E-state index contributed by atoms with van der Waals surface area (Å²) in [6.07, 6.45) is 0. The molecular weight excluding hydrogens is 175 g/mol. The van der Waals surface area contributed by atoms with Gasteiger partial charge in [-0.05, 0) is 12.1 Å². The Balaban J connectivity index is 2.85. The zero-order chi connectivity index (χ0) is 6.69. The highest BCUT2D eigenvalue weighted by atomic mass is 36.0. The highest BCUT2D eigenvalue weighted by Crippen LogP contribution is 2.20. The maximum absolute atomic E-state index is 5.60. The van der Waals surface area contributed by atoms with Crippen LogP contribution in [0.3, 0.4) is 0 Å². The summed E-state index contributed by atoms with van der Waals surface area (Å²) in [5, 5.41) is 0. The maximum Gasteiger partial charge on any atom is 0.253 e. The predicted octanol–water partition coefficient (Wildman–Crippen LogP) is 2.97. The monoisotopic (exact) mass is 179 g/mol. The average Bonchev–Trinajstić information content (AvgIpc) is 1.90. The fraction of sp³-hybridized carbons (Fsp3) is 0. The van der Waals surface area contributed by atoms with Crippen molar-refractivity contribution in [2.24, 2.45) is 0 Å². The van der Waals surface area contributed by atoms with Crippen molar-refractivity contribution in [3.05, 3.63) is 30.3 Å². The molecule has 1 aromatic rings. The van der Waals surface area contributed by atoms with Crippen LogP contribution >= 0.6 is 21.4 Å². The third kappa shape index (κ3) is 2.09. The SMILES string of the molecule is Cl[S+](Cl)c1ccccc1. The van der Waals surface area contributed by atoms with Gasteiger partial charge < -0.3 is 0 Å². The van der Waals surface area contributed by atoms with Crippen LogP contribution in [0.2, 0.25) is 0 Å². The highest BCUT2D eigenvalue weighted by Gasteiger charge is 2.14. The Hall–Kier alpha value is 0.150. The topological polar surface area (TPSA) is 0 Å². The second-order valence-electron chi connectivity index (χ2n) is 1.53. The van der Waals surface area contributed by atoms with Crippen molar-refractivity contribution in [2.45, 2.75) is 4.90 Å². The van der Waals surface area contributed by atoms with E-state index in [0.717, 1.165) is 4.90 Å². The molecule has 0 saturated carbocycles. The van der Waals surface area contributed by atoms with Crippen molar-refractivity contribution < 1.29 is 0 Å². The Morgan fingerprint density at radius 3 is 1.89 bits per heavy atom. The largest absolute Gasteiger partial charge is 0.253 e. The van der Waals surface area contributed by atoms with Crippen LogP contribution in [0, 0.1) is 0 Å². The molecule has 0 aromatic heterocycles. The van der Waals surface area contributed by atoms with Crippen molar-refractivity contribution in [3.63, 3.8) is 0 Å². The van der Waals surface area contributed by atoms with Crippen molar-refractivity contribution in [2.75, 3.05) is 0 Å². The van der Waals surface area contributed by atoms with Gasteiger partial charge in [-0.25, -0.2) is 0 Å². The van der Waals surface area contributed by atoms with E-state index in [0.29, 0.717) is 0 Å². The minimum absolute atomic E-state index is 0.635. The summed E-state index contributed by atoms with van der Waals surface area (Å²) in [5.41, 5.74) is 0. The van der Waals surface area contributed by atoms with E-state index in [4.69, 9.17) is 21.4 Å². The van der Waals surface area contributed by atoms with E-state index in [9.17, 15) is 0 Å². The minimum Gasteiger partial charge on any atom is -0.0619 e. The summed E-state index contributed by atoms with van der Waals surface area (Å²) in [6.45, 7) is 0. The second kappa shape index (κ2) is 3.35. The molecule has 1 aromatic carbocycles. The molecule has 0 spiro atoms. The molecule has 0 radical (unpaired) electrons. The molecule has 0 nitrogen and oxygen atoms in total. The summed E-state index contributed by atoms with van der Waals surface area (Å²) in [5.74, 6) is 0. The van der Waals surface area contributed by atoms with Crippen LogP contribution in [-0.4, -0.2) is 0 Å². The van der Waals surface area contributed by atoms with E-state index in [1.54, 1.807) is 0 Å². The van der Waals surface area contributed by atoms with Gasteiger partial charge in [-0.2, -0.15) is 0 Å². The third-order valence-electron chi connectivity index (χ3n) is 0.921. The lowest BCUT2D eigenvalue weighted by molar-refractivity contribution is 1.47. The summed E-state index contributed by atoms with van der Waals surface area (Å²) in [7, 11) is 10.6. The molecule has 0 aliphatic heterocycles. The van der Waals surface area contributed by atoms with Gasteiger partial charge >= 0.3 is 0 Å². The molecule has 9 heavy (non-hydrogen) atoms. The molecule has 0 bridgehead atoms. The van der Waals surface area contributed by atoms with Gasteiger partial charge in [0.05, 0.1) is 0 Å². The van der Waals surface area contributed by atoms with Crippen molar-refractivity contribution in [3.8, 4) is 0 Å². The van der Waals surface area contributed by atoms with Gasteiger partial charge in [0.15, 0.2) is 4.90 Å². The summed E-state index contributed by atoms with van der Waals surface area (Å²) in [4.78, 5) is 0.973. The molecule has 0 atom stereocenters. The first-order chi connectivity index (χ1) is 4.30. The molecule has 0 fully saturated rings. The number of hydrogen-bond donors (Lipinski definition) is 0. The van der Waals surface area contributed by atoms with E-state index in [-0.39, 0.29) is 0 Å². The summed E-state index contributed by atoms with van der Waals surface area (Å²) < 4.78 is 0.